The lowest BCUT2D eigenvalue weighted by Crippen LogP contribution is -2.21. The van der Waals surface area contributed by atoms with Crippen LogP contribution in [0.15, 0.2) is 53.6 Å². The van der Waals surface area contributed by atoms with E-state index >= 15 is 0 Å². The van der Waals surface area contributed by atoms with E-state index in [1.165, 1.54) is 30.9 Å². The molecule has 0 fully saturated rings. The van der Waals surface area contributed by atoms with Crippen molar-refractivity contribution in [2.45, 2.75) is 0 Å². The Labute approximate surface area is 131 Å². The standard InChI is InChI=1S/C16H14FN3O3/c1-20(16(22)11-5-3-2-4-6-11)18-10-13-8-7-12(9-14(13)17)15(21)19-23/h2-10,23H,1H3,(H,19,21)/b18-10+. The molecule has 0 aliphatic heterocycles. The van der Waals surface area contributed by atoms with Crippen LogP contribution >= 0.6 is 0 Å². The Kier molecular flexibility index (Phi) is 5.16. The molecule has 7 heteroatoms. The van der Waals surface area contributed by atoms with E-state index in [4.69, 9.17) is 5.21 Å². The second kappa shape index (κ2) is 7.28. The van der Waals surface area contributed by atoms with Gasteiger partial charge in [-0.05, 0) is 30.3 Å². The number of hydrazone groups is 1. The van der Waals surface area contributed by atoms with Crippen LogP contribution in [0.5, 0.6) is 0 Å². The summed E-state index contributed by atoms with van der Waals surface area (Å²) in [6.45, 7) is 0. The molecule has 0 atom stereocenters. The van der Waals surface area contributed by atoms with E-state index in [9.17, 15) is 14.0 Å². The largest absolute Gasteiger partial charge is 0.288 e. The van der Waals surface area contributed by atoms with Crippen LogP contribution < -0.4 is 5.48 Å². The SMILES string of the molecule is CN(/N=C/c1ccc(C(=O)NO)cc1F)C(=O)c1ccccc1. The average Bonchev–Trinajstić information content (AvgIpc) is 2.59. The third-order valence-electron chi connectivity index (χ3n) is 3.05. The monoisotopic (exact) mass is 315 g/mol. The van der Waals surface area contributed by atoms with Crippen LogP contribution in [-0.2, 0) is 0 Å². The van der Waals surface area contributed by atoms with Crippen molar-refractivity contribution in [1.82, 2.24) is 10.5 Å². The number of halogens is 1. The van der Waals surface area contributed by atoms with E-state index in [0.29, 0.717) is 5.56 Å². The van der Waals surface area contributed by atoms with Gasteiger partial charge in [-0.1, -0.05) is 18.2 Å². The lowest BCUT2D eigenvalue weighted by Gasteiger charge is -2.10. The summed E-state index contributed by atoms with van der Waals surface area (Å²) in [5, 5.41) is 13.5. The highest BCUT2D eigenvalue weighted by Crippen LogP contribution is 2.09. The van der Waals surface area contributed by atoms with E-state index in [1.54, 1.807) is 30.3 Å². The van der Waals surface area contributed by atoms with Crippen LogP contribution in [0.4, 0.5) is 4.39 Å². The average molecular weight is 315 g/mol. The van der Waals surface area contributed by atoms with Crippen molar-refractivity contribution in [2.75, 3.05) is 7.05 Å². The summed E-state index contributed by atoms with van der Waals surface area (Å²) in [5.41, 5.74) is 1.95. The number of carbonyl (C=O) groups is 2. The molecular formula is C16H14FN3O3. The predicted octanol–water partition coefficient (Wildman–Crippen LogP) is 2.05. The van der Waals surface area contributed by atoms with Crippen molar-refractivity contribution >= 4 is 18.0 Å². The molecule has 0 bridgehead atoms. The summed E-state index contributed by atoms with van der Waals surface area (Å²) in [4.78, 5) is 23.2. The van der Waals surface area contributed by atoms with Crippen molar-refractivity contribution < 1.29 is 19.2 Å². The highest BCUT2D eigenvalue weighted by molar-refractivity contribution is 5.95. The Bertz CT molecular complexity index is 747. The molecule has 2 aromatic rings. The van der Waals surface area contributed by atoms with Gasteiger partial charge in [0, 0.05) is 23.7 Å². The maximum absolute atomic E-state index is 13.9. The summed E-state index contributed by atoms with van der Waals surface area (Å²) in [7, 11) is 1.46. The molecule has 0 radical (unpaired) electrons. The Balaban J connectivity index is 2.13. The van der Waals surface area contributed by atoms with Crippen molar-refractivity contribution in [1.29, 1.82) is 0 Å². The number of nitrogens with one attached hydrogen (secondary N) is 1. The normalized spacial score (nSPS) is 10.6. The zero-order chi connectivity index (χ0) is 16.8. The minimum atomic E-state index is -0.816. The zero-order valence-corrected chi connectivity index (χ0v) is 12.2. The van der Waals surface area contributed by atoms with Crippen LogP contribution in [-0.4, -0.2) is 35.3 Å². The summed E-state index contributed by atoms with van der Waals surface area (Å²) >= 11 is 0. The molecule has 2 rings (SSSR count). The van der Waals surface area contributed by atoms with Gasteiger partial charge in [0.05, 0.1) is 6.21 Å². The van der Waals surface area contributed by atoms with Crippen molar-refractivity contribution in [3.05, 3.63) is 71.0 Å². The molecule has 118 valence electrons. The van der Waals surface area contributed by atoms with Crippen LogP contribution in [0.2, 0.25) is 0 Å². The van der Waals surface area contributed by atoms with Crippen LogP contribution in [0.3, 0.4) is 0 Å². The maximum atomic E-state index is 13.9. The van der Waals surface area contributed by atoms with E-state index < -0.39 is 11.7 Å². The second-order valence-electron chi connectivity index (χ2n) is 4.62. The molecule has 0 aromatic heterocycles. The number of carbonyl (C=O) groups excluding carboxylic acids is 2. The van der Waals surface area contributed by atoms with E-state index in [0.717, 1.165) is 11.1 Å². The summed E-state index contributed by atoms with van der Waals surface area (Å²) < 4.78 is 13.9. The van der Waals surface area contributed by atoms with Gasteiger partial charge in [0.1, 0.15) is 5.82 Å². The Hall–Kier alpha value is -3.06. The topological polar surface area (TPSA) is 82.0 Å². The molecular weight excluding hydrogens is 301 g/mol. The number of rotatable bonds is 4. The number of hydrogen-bond donors (Lipinski definition) is 2. The van der Waals surface area contributed by atoms with E-state index in [2.05, 4.69) is 5.10 Å². The van der Waals surface area contributed by atoms with Crippen molar-refractivity contribution in [3.63, 3.8) is 0 Å². The van der Waals surface area contributed by atoms with Gasteiger partial charge in [0.2, 0.25) is 0 Å². The lowest BCUT2D eigenvalue weighted by molar-refractivity contribution is 0.0705. The highest BCUT2D eigenvalue weighted by Gasteiger charge is 2.11. The Morgan fingerprint density at radius 3 is 2.48 bits per heavy atom. The molecule has 2 amide bonds. The van der Waals surface area contributed by atoms with E-state index in [-0.39, 0.29) is 17.0 Å². The summed E-state index contributed by atoms with van der Waals surface area (Å²) in [5.74, 6) is -1.85. The molecule has 23 heavy (non-hydrogen) atoms. The van der Waals surface area contributed by atoms with Gasteiger partial charge in [0.15, 0.2) is 0 Å². The van der Waals surface area contributed by atoms with Gasteiger partial charge in [-0.2, -0.15) is 5.10 Å². The molecule has 0 saturated heterocycles. The third kappa shape index (κ3) is 3.98. The molecule has 2 N–H and O–H groups in total. The van der Waals surface area contributed by atoms with Crippen molar-refractivity contribution in [2.24, 2.45) is 5.10 Å². The lowest BCUT2D eigenvalue weighted by atomic mass is 10.1. The first-order valence-electron chi connectivity index (χ1n) is 6.64. The van der Waals surface area contributed by atoms with Gasteiger partial charge < -0.3 is 0 Å². The molecule has 0 aliphatic carbocycles. The molecule has 6 nitrogen and oxygen atoms in total. The quantitative estimate of drug-likeness (QED) is 0.515. The Morgan fingerprint density at radius 2 is 1.87 bits per heavy atom. The number of benzene rings is 2. The molecule has 0 saturated carbocycles. The number of hydroxylamine groups is 1. The maximum Gasteiger partial charge on any atom is 0.274 e. The van der Waals surface area contributed by atoms with Crippen LogP contribution in [0.1, 0.15) is 26.3 Å². The summed E-state index contributed by atoms with van der Waals surface area (Å²) in [6.07, 6.45) is 1.18. The second-order valence-corrected chi connectivity index (χ2v) is 4.62. The fraction of sp³-hybridized carbons (Fsp3) is 0.0625. The Morgan fingerprint density at radius 1 is 1.17 bits per heavy atom. The first kappa shape index (κ1) is 16.3. The fourth-order valence-electron chi connectivity index (χ4n) is 1.81. The minimum absolute atomic E-state index is 0.0316. The minimum Gasteiger partial charge on any atom is -0.288 e. The van der Waals surface area contributed by atoms with Gasteiger partial charge in [-0.3, -0.25) is 14.8 Å². The van der Waals surface area contributed by atoms with Crippen LogP contribution in [0, 0.1) is 5.82 Å². The third-order valence-corrected chi connectivity index (χ3v) is 3.05. The zero-order valence-electron chi connectivity index (χ0n) is 12.2. The molecule has 0 heterocycles. The number of nitrogens with zero attached hydrogens (tertiary/aromatic N) is 2. The predicted molar refractivity (Wildman–Crippen MR) is 81.8 cm³/mol. The first-order valence-corrected chi connectivity index (χ1v) is 6.64. The number of hydrogen-bond acceptors (Lipinski definition) is 4. The van der Waals surface area contributed by atoms with Gasteiger partial charge in [-0.25, -0.2) is 14.9 Å². The molecule has 0 aliphatic rings. The molecule has 2 aromatic carbocycles. The fourth-order valence-corrected chi connectivity index (χ4v) is 1.81. The summed E-state index contributed by atoms with van der Waals surface area (Å²) in [6, 6.07) is 12.2. The van der Waals surface area contributed by atoms with Crippen molar-refractivity contribution in [3.8, 4) is 0 Å². The van der Waals surface area contributed by atoms with Gasteiger partial charge in [-0.15, -0.1) is 0 Å². The molecule has 0 spiro atoms. The first-order chi connectivity index (χ1) is 11.0. The van der Waals surface area contributed by atoms with Gasteiger partial charge in [0.25, 0.3) is 11.8 Å². The van der Waals surface area contributed by atoms with Gasteiger partial charge >= 0.3 is 0 Å². The number of amides is 2. The van der Waals surface area contributed by atoms with Crippen LogP contribution in [0.25, 0.3) is 0 Å². The smallest absolute Gasteiger partial charge is 0.274 e. The van der Waals surface area contributed by atoms with E-state index in [1.807, 2.05) is 0 Å². The molecule has 0 unspecified atom stereocenters. The highest BCUT2D eigenvalue weighted by atomic mass is 19.1.